The highest BCUT2D eigenvalue weighted by Gasteiger charge is 2.02. The first-order valence-corrected chi connectivity index (χ1v) is 4.96. The third kappa shape index (κ3) is 1.96. The van der Waals surface area contributed by atoms with Gasteiger partial charge in [0.15, 0.2) is 0 Å². The van der Waals surface area contributed by atoms with Gasteiger partial charge in [-0.15, -0.1) is 0 Å². The molecular weight excluding hydrogens is 186 g/mol. The maximum Gasteiger partial charge on any atom is 0.126 e. The molecule has 2 N–H and O–H groups in total. The van der Waals surface area contributed by atoms with Gasteiger partial charge in [0.1, 0.15) is 5.82 Å². The van der Waals surface area contributed by atoms with E-state index in [0.717, 1.165) is 23.1 Å². The fourth-order valence-corrected chi connectivity index (χ4v) is 1.50. The topological polar surface area (TPSA) is 51.8 Å². The van der Waals surface area contributed by atoms with Gasteiger partial charge in [-0.25, -0.2) is 4.98 Å². The van der Waals surface area contributed by atoms with E-state index < -0.39 is 0 Å². The molecule has 0 atom stereocenters. The lowest BCUT2D eigenvalue weighted by molar-refractivity contribution is 1.11. The molecule has 0 saturated heterocycles. The Morgan fingerprint density at radius 2 is 2.13 bits per heavy atom. The van der Waals surface area contributed by atoms with Crippen molar-refractivity contribution in [1.29, 1.82) is 0 Å². The van der Waals surface area contributed by atoms with Crippen LogP contribution in [0, 0.1) is 0 Å². The average molecular weight is 199 g/mol. The molecule has 2 heterocycles. The Labute approximate surface area is 89.0 Å². The molecule has 15 heavy (non-hydrogen) atoms. The molecule has 76 valence electrons. The van der Waals surface area contributed by atoms with Crippen LogP contribution in [0.5, 0.6) is 0 Å². The summed E-state index contributed by atoms with van der Waals surface area (Å²) in [6, 6.07) is 6.00. The summed E-state index contributed by atoms with van der Waals surface area (Å²) in [7, 11) is 0. The number of nitrogens with zero attached hydrogens (tertiary/aromatic N) is 2. The second-order valence-corrected chi connectivity index (χ2v) is 3.36. The molecule has 0 aromatic carbocycles. The first-order valence-electron chi connectivity index (χ1n) is 4.96. The lowest BCUT2D eigenvalue weighted by atomic mass is 10.1. The second-order valence-electron chi connectivity index (χ2n) is 3.36. The minimum atomic E-state index is 0.616. The zero-order valence-electron chi connectivity index (χ0n) is 8.64. The smallest absolute Gasteiger partial charge is 0.126 e. The van der Waals surface area contributed by atoms with E-state index in [1.54, 1.807) is 12.4 Å². The molecule has 2 aromatic heterocycles. The molecule has 0 aliphatic rings. The largest absolute Gasteiger partial charge is 0.383 e. The second kappa shape index (κ2) is 4.09. The summed E-state index contributed by atoms with van der Waals surface area (Å²) in [6.45, 7) is 2.07. The molecule has 0 bridgehead atoms. The summed E-state index contributed by atoms with van der Waals surface area (Å²) < 4.78 is 0. The average Bonchev–Trinajstić information content (AvgIpc) is 2.31. The van der Waals surface area contributed by atoms with Gasteiger partial charge in [-0.1, -0.05) is 13.0 Å². The zero-order valence-corrected chi connectivity index (χ0v) is 8.64. The van der Waals surface area contributed by atoms with Crippen molar-refractivity contribution in [3.8, 4) is 11.1 Å². The lowest BCUT2D eigenvalue weighted by Crippen LogP contribution is -1.96. The molecule has 0 spiro atoms. The van der Waals surface area contributed by atoms with Gasteiger partial charge < -0.3 is 5.73 Å². The number of aryl methyl sites for hydroxylation is 1. The Kier molecular flexibility index (Phi) is 2.63. The van der Waals surface area contributed by atoms with Gasteiger partial charge in [-0.05, 0) is 24.1 Å². The van der Waals surface area contributed by atoms with E-state index in [2.05, 4.69) is 23.0 Å². The third-order valence-electron chi connectivity index (χ3n) is 2.38. The summed E-state index contributed by atoms with van der Waals surface area (Å²) in [5.41, 5.74) is 8.96. The fraction of sp³-hybridized carbons (Fsp3) is 0.167. The molecule has 0 aliphatic heterocycles. The van der Waals surface area contributed by atoms with Crippen molar-refractivity contribution in [1.82, 2.24) is 9.97 Å². The fourth-order valence-electron chi connectivity index (χ4n) is 1.50. The van der Waals surface area contributed by atoms with Crippen molar-refractivity contribution in [3.63, 3.8) is 0 Å². The maximum absolute atomic E-state index is 5.75. The van der Waals surface area contributed by atoms with E-state index in [9.17, 15) is 0 Å². The van der Waals surface area contributed by atoms with Crippen LogP contribution in [0.2, 0.25) is 0 Å². The standard InChI is InChI=1S/C12H13N3/c1-2-9-6-11(8-15-12(9)13)10-4-3-5-14-7-10/h3-8H,2H2,1H3,(H2,13,15). The molecule has 3 heteroatoms. The third-order valence-corrected chi connectivity index (χ3v) is 2.38. The molecular formula is C12H13N3. The van der Waals surface area contributed by atoms with Crippen LogP contribution in [0.1, 0.15) is 12.5 Å². The summed E-state index contributed by atoms with van der Waals surface area (Å²) in [5.74, 6) is 0.616. The van der Waals surface area contributed by atoms with Gasteiger partial charge in [0.25, 0.3) is 0 Å². The van der Waals surface area contributed by atoms with Crippen LogP contribution in [0.25, 0.3) is 11.1 Å². The van der Waals surface area contributed by atoms with E-state index in [1.807, 2.05) is 18.3 Å². The highest BCUT2D eigenvalue weighted by atomic mass is 14.8. The van der Waals surface area contributed by atoms with Crippen molar-refractivity contribution in [2.24, 2.45) is 0 Å². The number of hydrogen-bond donors (Lipinski definition) is 1. The lowest BCUT2D eigenvalue weighted by Gasteiger charge is -2.05. The van der Waals surface area contributed by atoms with Crippen LogP contribution in [0.15, 0.2) is 36.8 Å². The van der Waals surface area contributed by atoms with Gasteiger partial charge in [0, 0.05) is 29.7 Å². The van der Waals surface area contributed by atoms with E-state index >= 15 is 0 Å². The minimum Gasteiger partial charge on any atom is -0.383 e. The number of hydrogen-bond acceptors (Lipinski definition) is 3. The Hall–Kier alpha value is -1.90. The summed E-state index contributed by atoms with van der Waals surface area (Å²) in [4.78, 5) is 8.26. The van der Waals surface area contributed by atoms with Gasteiger partial charge in [-0.2, -0.15) is 0 Å². The van der Waals surface area contributed by atoms with Crippen LogP contribution in [-0.2, 0) is 6.42 Å². The van der Waals surface area contributed by atoms with Gasteiger partial charge >= 0.3 is 0 Å². The number of nitrogens with two attached hydrogens (primary N) is 1. The van der Waals surface area contributed by atoms with Crippen LogP contribution in [-0.4, -0.2) is 9.97 Å². The Bertz CT molecular complexity index is 452. The normalized spacial score (nSPS) is 10.2. The quantitative estimate of drug-likeness (QED) is 0.807. The minimum absolute atomic E-state index is 0.616. The zero-order chi connectivity index (χ0) is 10.7. The van der Waals surface area contributed by atoms with Gasteiger partial charge in [0.2, 0.25) is 0 Å². The van der Waals surface area contributed by atoms with Gasteiger partial charge in [-0.3, -0.25) is 4.98 Å². The highest BCUT2D eigenvalue weighted by molar-refractivity contribution is 5.64. The molecule has 2 aromatic rings. The molecule has 0 unspecified atom stereocenters. The Balaban J connectivity index is 2.46. The van der Waals surface area contributed by atoms with Gasteiger partial charge in [0.05, 0.1) is 0 Å². The number of anilines is 1. The molecule has 2 rings (SSSR count). The monoisotopic (exact) mass is 199 g/mol. The Morgan fingerprint density at radius 3 is 2.80 bits per heavy atom. The first-order chi connectivity index (χ1) is 7.31. The molecule has 0 aliphatic carbocycles. The van der Waals surface area contributed by atoms with Crippen molar-refractivity contribution in [2.45, 2.75) is 13.3 Å². The first kappa shape index (κ1) is 9.65. The van der Waals surface area contributed by atoms with Crippen molar-refractivity contribution >= 4 is 5.82 Å². The summed E-state index contributed by atoms with van der Waals surface area (Å²) in [5, 5.41) is 0. The van der Waals surface area contributed by atoms with E-state index in [-0.39, 0.29) is 0 Å². The molecule has 3 nitrogen and oxygen atoms in total. The van der Waals surface area contributed by atoms with Crippen LogP contribution in [0.3, 0.4) is 0 Å². The van der Waals surface area contributed by atoms with Crippen LogP contribution >= 0.6 is 0 Å². The molecule has 0 fully saturated rings. The highest BCUT2D eigenvalue weighted by Crippen LogP contribution is 2.21. The SMILES string of the molecule is CCc1cc(-c2cccnc2)cnc1N. The predicted molar refractivity (Wildman–Crippen MR) is 61.3 cm³/mol. The predicted octanol–water partition coefficient (Wildman–Crippen LogP) is 2.29. The van der Waals surface area contributed by atoms with Crippen molar-refractivity contribution < 1.29 is 0 Å². The number of rotatable bonds is 2. The van der Waals surface area contributed by atoms with Crippen LogP contribution < -0.4 is 5.73 Å². The maximum atomic E-state index is 5.75. The number of nitrogen functional groups attached to an aromatic ring is 1. The van der Waals surface area contributed by atoms with Crippen molar-refractivity contribution in [2.75, 3.05) is 5.73 Å². The molecule has 0 saturated carbocycles. The van der Waals surface area contributed by atoms with Crippen molar-refractivity contribution in [3.05, 3.63) is 42.4 Å². The van der Waals surface area contributed by atoms with E-state index in [0.29, 0.717) is 5.82 Å². The van der Waals surface area contributed by atoms with E-state index in [4.69, 9.17) is 5.73 Å². The van der Waals surface area contributed by atoms with Crippen LogP contribution in [0.4, 0.5) is 5.82 Å². The molecule has 0 radical (unpaired) electrons. The Morgan fingerprint density at radius 1 is 1.27 bits per heavy atom. The molecule has 0 amide bonds. The summed E-state index contributed by atoms with van der Waals surface area (Å²) in [6.07, 6.45) is 6.26. The summed E-state index contributed by atoms with van der Waals surface area (Å²) >= 11 is 0. The van der Waals surface area contributed by atoms with E-state index in [1.165, 1.54) is 0 Å². The number of aromatic nitrogens is 2. The number of pyridine rings is 2.